The molecule has 0 aromatic carbocycles. The number of nitrogens with zero attached hydrogens (tertiary/aromatic N) is 6. The van der Waals surface area contributed by atoms with E-state index in [1.807, 2.05) is 54.8 Å². The second-order valence-electron chi connectivity index (χ2n) is 7.17. The first kappa shape index (κ1) is 17.9. The van der Waals surface area contributed by atoms with Crippen LogP contribution < -0.4 is 5.32 Å². The maximum atomic E-state index is 4.81. The number of anilines is 1. The molecule has 1 N–H and O–H groups in total. The van der Waals surface area contributed by atoms with Crippen molar-refractivity contribution in [3.8, 4) is 5.82 Å². The summed E-state index contributed by atoms with van der Waals surface area (Å²) >= 11 is 1.76. The average Bonchev–Trinajstić information content (AvgIpc) is 3.45. The standard InChI is InChI=1S/C21H21N7S/c1-14-4-3-5-21(25-14)28-18(16-6-7-17-19(8-16)29-13-23-17)9-20(26-28)22-10-15-11-24-27(2)12-15/h3-9,11-13,17,19H,10H2,1-2H3,(H,22,26). The van der Waals surface area contributed by atoms with E-state index >= 15 is 0 Å². The zero-order valence-electron chi connectivity index (χ0n) is 16.2. The molecule has 2 aliphatic rings. The molecule has 0 spiro atoms. The number of aliphatic imine (C=N–C) groups is 1. The molecule has 2 atom stereocenters. The quantitative estimate of drug-likeness (QED) is 0.707. The van der Waals surface area contributed by atoms with Crippen LogP contribution in [0.2, 0.25) is 0 Å². The van der Waals surface area contributed by atoms with Crippen molar-refractivity contribution in [1.29, 1.82) is 0 Å². The van der Waals surface area contributed by atoms with Gasteiger partial charge in [0.15, 0.2) is 5.82 Å². The van der Waals surface area contributed by atoms with Crippen LogP contribution in [-0.4, -0.2) is 41.4 Å². The van der Waals surface area contributed by atoms with Gasteiger partial charge in [0.05, 0.1) is 28.7 Å². The summed E-state index contributed by atoms with van der Waals surface area (Å²) in [4.78, 5) is 9.18. The fourth-order valence-electron chi connectivity index (χ4n) is 3.49. The Morgan fingerprint density at radius 3 is 3.03 bits per heavy atom. The second kappa shape index (κ2) is 7.36. The van der Waals surface area contributed by atoms with Crippen molar-refractivity contribution in [3.63, 3.8) is 0 Å². The number of hydrogen-bond donors (Lipinski definition) is 1. The van der Waals surface area contributed by atoms with Gasteiger partial charge in [-0.1, -0.05) is 24.3 Å². The van der Waals surface area contributed by atoms with E-state index in [0.29, 0.717) is 11.8 Å². The van der Waals surface area contributed by atoms with Gasteiger partial charge >= 0.3 is 0 Å². The predicted molar refractivity (Wildman–Crippen MR) is 117 cm³/mol. The van der Waals surface area contributed by atoms with Gasteiger partial charge in [-0.25, -0.2) is 9.67 Å². The lowest BCUT2D eigenvalue weighted by Crippen LogP contribution is -2.16. The van der Waals surface area contributed by atoms with Crippen LogP contribution in [0.25, 0.3) is 11.4 Å². The molecule has 1 aliphatic heterocycles. The van der Waals surface area contributed by atoms with Crippen molar-refractivity contribution < 1.29 is 0 Å². The van der Waals surface area contributed by atoms with Crippen LogP contribution in [0.4, 0.5) is 5.82 Å². The molecule has 29 heavy (non-hydrogen) atoms. The van der Waals surface area contributed by atoms with Crippen LogP contribution in [0.5, 0.6) is 0 Å². The SMILES string of the molecule is Cc1cccc(-n2nc(NCc3cnn(C)c3)cc2C2=CC3SC=NC3C=C2)n1. The Bertz CT molecular complexity index is 1140. The highest BCUT2D eigenvalue weighted by molar-refractivity contribution is 8.13. The summed E-state index contributed by atoms with van der Waals surface area (Å²) in [7, 11) is 1.92. The van der Waals surface area contributed by atoms with E-state index in [1.165, 1.54) is 0 Å². The molecule has 146 valence electrons. The predicted octanol–water partition coefficient (Wildman–Crippen LogP) is 3.39. The molecular formula is C21H21N7S. The number of aryl methyl sites for hydroxylation is 2. The lowest BCUT2D eigenvalue weighted by atomic mass is 10.0. The summed E-state index contributed by atoms with van der Waals surface area (Å²) in [5.41, 5.74) is 6.16. The molecule has 3 aromatic rings. The van der Waals surface area contributed by atoms with Gasteiger partial charge in [0, 0.05) is 37.1 Å². The molecule has 0 radical (unpaired) electrons. The topological polar surface area (TPSA) is 72.9 Å². The number of thioether (sulfide) groups is 1. The molecule has 5 rings (SSSR count). The molecule has 0 saturated heterocycles. The van der Waals surface area contributed by atoms with Crippen molar-refractivity contribution in [3.05, 3.63) is 71.8 Å². The van der Waals surface area contributed by atoms with Crippen LogP contribution in [0.15, 0.2) is 59.9 Å². The van der Waals surface area contributed by atoms with Gasteiger partial charge in [0.2, 0.25) is 0 Å². The van der Waals surface area contributed by atoms with Crippen LogP contribution in [0, 0.1) is 6.92 Å². The number of hydrogen-bond acceptors (Lipinski definition) is 6. The van der Waals surface area contributed by atoms with E-state index in [1.54, 1.807) is 16.4 Å². The van der Waals surface area contributed by atoms with E-state index in [0.717, 1.165) is 34.2 Å². The molecular weight excluding hydrogens is 382 g/mol. The third kappa shape index (κ3) is 3.63. The molecule has 0 fully saturated rings. The Labute approximate surface area is 173 Å². The summed E-state index contributed by atoms with van der Waals surface area (Å²) in [6.45, 7) is 2.65. The summed E-state index contributed by atoms with van der Waals surface area (Å²) in [6, 6.07) is 8.30. The van der Waals surface area contributed by atoms with Gasteiger partial charge in [-0.2, -0.15) is 5.10 Å². The first-order chi connectivity index (χ1) is 14.2. The monoisotopic (exact) mass is 403 g/mol. The maximum absolute atomic E-state index is 4.81. The molecule has 1 aliphatic carbocycles. The zero-order chi connectivity index (χ0) is 19.8. The largest absolute Gasteiger partial charge is 0.364 e. The summed E-state index contributed by atoms with van der Waals surface area (Å²) < 4.78 is 3.71. The summed E-state index contributed by atoms with van der Waals surface area (Å²) in [5.74, 6) is 1.61. The van der Waals surface area contributed by atoms with E-state index < -0.39 is 0 Å². The highest BCUT2D eigenvalue weighted by Gasteiger charge is 2.26. The van der Waals surface area contributed by atoms with Gasteiger partial charge in [0.1, 0.15) is 5.82 Å². The van der Waals surface area contributed by atoms with Crippen molar-refractivity contribution in [2.75, 3.05) is 5.32 Å². The third-order valence-electron chi connectivity index (χ3n) is 4.93. The molecule has 3 aromatic heterocycles. The van der Waals surface area contributed by atoms with E-state index in [-0.39, 0.29) is 6.04 Å². The molecule has 2 unspecified atom stereocenters. The fourth-order valence-corrected chi connectivity index (χ4v) is 4.39. The lowest BCUT2D eigenvalue weighted by molar-refractivity contribution is 0.767. The molecule has 8 heteroatoms. The number of rotatable bonds is 5. The fraction of sp³-hybridized carbons (Fsp3) is 0.238. The Kier molecular flexibility index (Phi) is 4.55. The van der Waals surface area contributed by atoms with Crippen LogP contribution in [0.3, 0.4) is 0 Å². The smallest absolute Gasteiger partial charge is 0.154 e. The van der Waals surface area contributed by atoms with Crippen molar-refractivity contribution in [2.24, 2.45) is 12.0 Å². The van der Waals surface area contributed by atoms with Gasteiger partial charge < -0.3 is 5.32 Å². The van der Waals surface area contributed by atoms with E-state index in [4.69, 9.17) is 5.10 Å². The number of fused-ring (bicyclic) bond motifs is 1. The van der Waals surface area contributed by atoms with E-state index in [9.17, 15) is 0 Å². The summed E-state index contributed by atoms with van der Waals surface area (Å²) in [6.07, 6.45) is 10.4. The third-order valence-corrected chi connectivity index (χ3v) is 5.90. The second-order valence-corrected chi connectivity index (χ2v) is 8.19. The van der Waals surface area contributed by atoms with Crippen LogP contribution in [-0.2, 0) is 13.6 Å². The molecule has 0 bridgehead atoms. The maximum Gasteiger partial charge on any atom is 0.154 e. The summed E-state index contributed by atoms with van der Waals surface area (Å²) in [5, 5.41) is 12.8. The zero-order valence-corrected chi connectivity index (χ0v) is 17.0. The Balaban J connectivity index is 1.50. The first-order valence-electron chi connectivity index (χ1n) is 9.49. The Morgan fingerprint density at radius 1 is 1.28 bits per heavy atom. The highest BCUT2D eigenvalue weighted by Crippen LogP contribution is 2.33. The normalized spacial score (nSPS) is 20.0. The van der Waals surface area contributed by atoms with Crippen molar-refractivity contribution in [1.82, 2.24) is 24.5 Å². The van der Waals surface area contributed by atoms with Gasteiger partial charge in [-0.05, 0) is 24.6 Å². The molecule has 0 saturated carbocycles. The van der Waals surface area contributed by atoms with Crippen LogP contribution >= 0.6 is 11.8 Å². The molecule has 0 amide bonds. The number of pyridine rings is 1. The Hall–Kier alpha value is -3.13. The first-order valence-corrected chi connectivity index (χ1v) is 10.4. The van der Waals surface area contributed by atoms with Gasteiger partial charge in [0.25, 0.3) is 0 Å². The number of nitrogens with one attached hydrogen (secondary N) is 1. The number of allylic oxidation sites excluding steroid dienone is 2. The number of aromatic nitrogens is 5. The van der Waals surface area contributed by atoms with Gasteiger partial charge in [-0.15, -0.1) is 16.9 Å². The van der Waals surface area contributed by atoms with Crippen LogP contribution in [0.1, 0.15) is 17.0 Å². The molecule has 7 nitrogen and oxygen atoms in total. The lowest BCUT2D eigenvalue weighted by Gasteiger charge is -2.17. The average molecular weight is 404 g/mol. The van der Waals surface area contributed by atoms with E-state index in [2.05, 4.69) is 44.7 Å². The van der Waals surface area contributed by atoms with Crippen molar-refractivity contribution >= 4 is 28.7 Å². The minimum Gasteiger partial charge on any atom is -0.364 e. The van der Waals surface area contributed by atoms with Crippen molar-refractivity contribution in [2.45, 2.75) is 24.8 Å². The van der Waals surface area contributed by atoms with Gasteiger partial charge in [-0.3, -0.25) is 9.67 Å². The minimum atomic E-state index is 0.236. The highest BCUT2D eigenvalue weighted by atomic mass is 32.2. The molecule has 4 heterocycles. The minimum absolute atomic E-state index is 0.236. The Morgan fingerprint density at radius 2 is 2.21 bits per heavy atom.